The topological polar surface area (TPSA) is 66.8 Å². The van der Waals surface area contributed by atoms with Crippen LogP contribution in [0.1, 0.15) is 45.4 Å². The predicted octanol–water partition coefficient (Wildman–Crippen LogP) is 1.80. The van der Waals surface area contributed by atoms with Gasteiger partial charge in [0.05, 0.1) is 19.3 Å². The normalized spacial score (nSPS) is 12.2. The first-order valence-corrected chi connectivity index (χ1v) is 6.19. The first-order chi connectivity index (χ1) is 8.07. The van der Waals surface area contributed by atoms with Crippen LogP contribution in [0.15, 0.2) is 12.3 Å². The molecule has 4 nitrogen and oxygen atoms in total. The van der Waals surface area contributed by atoms with Crippen molar-refractivity contribution in [2.45, 2.75) is 51.6 Å². The summed E-state index contributed by atoms with van der Waals surface area (Å²) in [6.45, 7) is 5.33. The van der Waals surface area contributed by atoms with E-state index in [9.17, 15) is 4.79 Å². The highest BCUT2D eigenvalue weighted by Crippen LogP contribution is 2.08. The number of hydrogen-bond acceptors (Lipinski definition) is 4. The minimum absolute atomic E-state index is 0.122. The Kier molecular flexibility index (Phi) is 9.77. The zero-order valence-corrected chi connectivity index (χ0v) is 10.7. The second-order valence-electron chi connectivity index (χ2n) is 4.22. The lowest BCUT2D eigenvalue weighted by Crippen LogP contribution is -2.11. The number of Topliss-reactive ketones (excluding diaryl/α,β-unsaturated/α-hetero) is 1. The Morgan fingerprint density at radius 1 is 1.24 bits per heavy atom. The highest BCUT2D eigenvalue weighted by Gasteiger charge is 2.02. The number of aliphatic hydroxyl groups excluding tert-OH is 2. The molecule has 17 heavy (non-hydrogen) atoms. The summed E-state index contributed by atoms with van der Waals surface area (Å²) in [7, 11) is 0. The van der Waals surface area contributed by atoms with E-state index >= 15 is 0 Å². The van der Waals surface area contributed by atoms with E-state index in [0.717, 1.165) is 32.1 Å². The van der Waals surface area contributed by atoms with Crippen LogP contribution in [0.2, 0.25) is 0 Å². The van der Waals surface area contributed by atoms with Crippen molar-refractivity contribution in [2.24, 2.45) is 0 Å². The number of ketones is 1. The van der Waals surface area contributed by atoms with Gasteiger partial charge < -0.3 is 14.9 Å². The predicted molar refractivity (Wildman–Crippen MR) is 66.6 cm³/mol. The summed E-state index contributed by atoms with van der Waals surface area (Å²) in [6, 6.07) is 0. The van der Waals surface area contributed by atoms with Gasteiger partial charge in [0, 0.05) is 6.92 Å². The van der Waals surface area contributed by atoms with Gasteiger partial charge in [-0.3, -0.25) is 4.79 Å². The Morgan fingerprint density at radius 3 is 2.41 bits per heavy atom. The average Bonchev–Trinajstić information content (AvgIpc) is 2.31. The molecule has 0 fully saturated rings. The molecule has 4 heteroatoms. The van der Waals surface area contributed by atoms with Gasteiger partial charge in [0.25, 0.3) is 0 Å². The van der Waals surface area contributed by atoms with Crippen LogP contribution in [0.4, 0.5) is 0 Å². The van der Waals surface area contributed by atoms with Crippen molar-refractivity contribution in [1.29, 1.82) is 0 Å². The van der Waals surface area contributed by atoms with Crippen molar-refractivity contribution >= 4 is 5.78 Å². The van der Waals surface area contributed by atoms with Crippen LogP contribution >= 0.6 is 0 Å². The SMILES string of the molecule is C=C(OCCCCCCCC(O)CO)C(C)=O. The molecule has 0 spiro atoms. The van der Waals surface area contributed by atoms with E-state index in [1.807, 2.05) is 0 Å². The van der Waals surface area contributed by atoms with Gasteiger partial charge in [-0.15, -0.1) is 0 Å². The third-order valence-corrected chi connectivity index (χ3v) is 2.56. The molecule has 0 amide bonds. The van der Waals surface area contributed by atoms with E-state index in [2.05, 4.69) is 6.58 Å². The van der Waals surface area contributed by atoms with Crippen LogP contribution in [0.3, 0.4) is 0 Å². The molecule has 0 aromatic rings. The maximum atomic E-state index is 10.8. The Hall–Kier alpha value is -0.870. The zero-order valence-electron chi connectivity index (χ0n) is 10.7. The molecule has 100 valence electrons. The fourth-order valence-corrected chi connectivity index (χ4v) is 1.40. The smallest absolute Gasteiger partial charge is 0.193 e. The molecule has 0 saturated heterocycles. The fraction of sp³-hybridized carbons (Fsp3) is 0.769. The molecule has 0 heterocycles. The van der Waals surface area contributed by atoms with Crippen molar-refractivity contribution in [3.8, 4) is 0 Å². The second kappa shape index (κ2) is 10.3. The first kappa shape index (κ1) is 16.1. The van der Waals surface area contributed by atoms with Crippen LogP contribution in [0.25, 0.3) is 0 Å². The van der Waals surface area contributed by atoms with Crippen LogP contribution < -0.4 is 0 Å². The molecule has 0 aliphatic carbocycles. The van der Waals surface area contributed by atoms with Crippen molar-refractivity contribution in [3.63, 3.8) is 0 Å². The van der Waals surface area contributed by atoms with Crippen molar-refractivity contribution in [2.75, 3.05) is 13.2 Å². The van der Waals surface area contributed by atoms with Gasteiger partial charge in [0.1, 0.15) is 0 Å². The lowest BCUT2D eigenvalue weighted by atomic mass is 10.1. The van der Waals surface area contributed by atoms with E-state index in [4.69, 9.17) is 14.9 Å². The summed E-state index contributed by atoms with van der Waals surface area (Å²) in [5, 5.41) is 17.7. The molecule has 0 aromatic carbocycles. The number of hydrogen-bond donors (Lipinski definition) is 2. The summed E-state index contributed by atoms with van der Waals surface area (Å²) < 4.78 is 5.15. The number of carbonyl (C=O) groups is 1. The zero-order chi connectivity index (χ0) is 13.1. The van der Waals surface area contributed by atoms with Crippen LogP contribution in [0, 0.1) is 0 Å². The molecule has 0 aliphatic heterocycles. The maximum Gasteiger partial charge on any atom is 0.193 e. The van der Waals surface area contributed by atoms with Gasteiger partial charge in [0.15, 0.2) is 11.5 Å². The molecule has 0 aliphatic rings. The standard InChI is InChI=1S/C13H24O4/c1-11(15)12(2)17-9-7-5-3-4-6-8-13(16)10-14/h13-14,16H,2-10H2,1H3. The molecular formula is C13H24O4. The van der Waals surface area contributed by atoms with Crippen molar-refractivity contribution < 1.29 is 19.7 Å². The second-order valence-corrected chi connectivity index (χ2v) is 4.22. The molecule has 0 bridgehead atoms. The highest BCUT2D eigenvalue weighted by atomic mass is 16.5. The molecule has 0 aromatic heterocycles. The van der Waals surface area contributed by atoms with Crippen LogP contribution in [-0.4, -0.2) is 35.3 Å². The monoisotopic (exact) mass is 244 g/mol. The Bertz CT molecular complexity index is 225. The Labute approximate surface area is 103 Å². The van der Waals surface area contributed by atoms with E-state index in [1.165, 1.54) is 6.92 Å². The van der Waals surface area contributed by atoms with Crippen molar-refractivity contribution in [1.82, 2.24) is 0 Å². The van der Waals surface area contributed by atoms with Gasteiger partial charge in [0.2, 0.25) is 0 Å². The molecule has 0 saturated carbocycles. The van der Waals surface area contributed by atoms with E-state index in [1.54, 1.807) is 0 Å². The average molecular weight is 244 g/mol. The largest absolute Gasteiger partial charge is 0.491 e. The first-order valence-electron chi connectivity index (χ1n) is 6.19. The minimum atomic E-state index is -0.572. The third kappa shape index (κ3) is 10.0. The highest BCUT2D eigenvalue weighted by molar-refractivity contribution is 5.90. The van der Waals surface area contributed by atoms with Gasteiger partial charge in [-0.1, -0.05) is 32.3 Å². The number of unbranched alkanes of at least 4 members (excludes halogenated alkanes) is 4. The molecule has 0 radical (unpaired) electrons. The molecule has 1 unspecified atom stereocenters. The number of rotatable bonds is 11. The maximum absolute atomic E-state index is 10.8. The lowest BCUT2D eigenvalue weighted by Gasteiger charge is -2.07. The molecule has 2 N–H and O–H groups in total. The third-order valence-electron chi connectivity index (χ3n) is 2.56. The van der Waals surface area contributed by atoms with E-state index in [0.29, 0.717) is 13.0 Å². The lowest BCUT2D eigenvalue weighted by molar-refractivity contribution is -0.116. The minimum Gasteiger partial charge on any atom is -0.491 e. The number of carbonyl (C=O) groups excluding carboxylic acids is 1. The van der Waals surface area contributed by atoms with Crippen LogP contribution in [-0.2, 0) is 9.53 Å². The fourth-order valence-electron chi connectivity index (χ4n) is 1.40. The van der Waals surface area contributed by atoms with Gasteiger partial charge in [-0.2, -0.15) is 0 Å². The van der Waals surface area contributed by atoms with Gasteiger partial charge in [-0.25, -0.2) is 0 Å². The molecular weight excluding hydrogens is 220 g/mol. The summed E-state index contributed by atoms with van der Waals surface area (Å²) in [5.41, 5.74) is 0. The molecule has 0 rings (SSSR count). The Balaban J connectivity index is 3.19. The number of allylic oxidation sites excluding steroid dienone is 1. The number of aliphatic hydroxyl groups is 2. The summed E-state index contributed by atoms with van der Waals surface area (Å²) >= 11 is 0. The van der Waals surface area contributed by atoms with E-state index < -0.39 is 6.10 Å². The van der Waals surface area contributed by atoms with Crippen molar-refractivity contribution in [3.05, 3.63) is 12.3 Å². The Morgan fingerprint density at radius 2 is 1.82 bits per heavy atom. The number of ether oxygens (including phenoxy) is 1. The summed E-state index contributed by atoms with van der Waals surface area (Å²) in [4.78, 5) is 10.8. The summed E-state index contributed by atoms with van der Waals surface area (Å²) in [6.07, 6.45) is 5.10. The van der Waals surface area contributed by atoms with E-state index in [-0.39, 0.29) is 18.1 Å². The van der Waals surface area contributed by atoms with Crippen LogP contribution in [0.5, 0.6) is 0 Å². The van der Waals surface area contributed by atoms with Gasteiger partial charge in [-0.05, 0) is 12.8 Å². The van der Waals surface area contributed by atoms with Gasteiger partial charge >= 0.3 is 0 Å². The summed E-state index contributed by atoms with van der Waals surface area (Å²) in [5.74, 6) is 0.110. The molecule has 1 atom stereocenters. The quantitative estimate of drug-likeness (QED) is 0.330.